The molecule has 0 aromatic heterocycles. The number of carbonyl (C=O) groups is 2. The fraction of sp³-hybridized carbons (Fsp3) is 0.467. The van der Waals surface area contributed by atoms with Crippen LogP contribution in [0.15, 0.2) is 35.2 Å². The van der Waals surface area contributed by atoms with Crippen LogP contribution in [0.4, 0.5) is 0 Å². The first-order valence-electron chi connectivity index (χ1n) is 7.42. The van der Waals surface area contributed by atoms with Crippen molar-refractivity contribution >= 4 is 21.9 Å². The summed E-state index contributed by atoms with van der Waals surface area (Å²) in [5, 5.41) is 18.8. The van der Waals surface area contributed by atoms with Crippen molar-refractivity contribution in [3.05, 3.63) is 30.3 Å². The largest absolute Gasteiger partial charge is 0.479 e. The molecular formula is C15H20N2O6S. The lowest BCUT2D eigenvalue weighted by atomic mass is 9.91. The summed E-state index contributed by atoms with van der Waals surface area (Å²) >= 11 is 0. The van der Waals surface area contributed by atoms with Crippen molar-refractivity contribution in [3.8, 4) is 0 Å². The van der Waals surface area contributed by atoms with Gasteiger partial charge < -0.3 is 15.1 Å². The molecule has 132 valence electrons. The lowest BCUT2D eigenvalue weighted by Crippen LogP contribution is -2.52. The van der Waals surface area contributed by atoms with Crippen LogP contribution in [0.3, 0.4) is 0 Å². The molecule has 0 unspecified atom stereocenters. The van der Waals surface area contributed by atoms with Gasteiger partial charge in [-0.1, -0.05) is 18.2 Å². The number of carboxylic acids is 1. The van der Waals surface area contributed by atoms with Gasteiger partial charge in [0.25, 0.3) is 0 Å². The fourth-order valence-corrected chi connectivity index (χ4v) is 3.63. The highest BCUT2D eigenvalue weighted by Crippen LogP contribution is 2.23. The molecule has 1 aliphatic rings. The van der Waals surface area contributed by atoms with Crippen LogP contribution in [0.1, 0.15) is 12.8 Å². The summed E-state index contributed by atoms with van der Waals surface area (Å²) in [6, 6.07) is 7.79. The second kappa shape index (κ2) is 6.88. The zero-order chi connectivity index (χ0) is 18.0. The molecule has 1 heterocycles. The maximum Gasteiger partial charge on any atom is 0.335 e. The van der Waals surface area contributed by atoms with Gasteiger partial charge in [-0.25, -0.2) is 13.2 Å². The molecule has 0 spiro atoms. The number of hydrogen-bond donors (Lipinski definition) is 2. The van der Waals surface area contributed by atoms with Crippen LogP contribution in [0.25, 0.3) is 0 Å². The number of piperidine rings is 1. The number of benzene rings is 1. The molecule has 0 atom stereocenters. The Balaban J connectivity index is 1.99. The minimum absolute atomic E-state index is 0.0703. The SMILES string of the molecule is CN(CC(=O)N1CCC(O)(C(=O)O)CC1)S(=O)(=O)c1ccccc1. The highest BCUT2D eigenvalue weighted by molar-refractivity contribution is 7.89. The zero-order valence-electron chi connectivity index (χ0n) is 13.3. The Morgan fingerprint density at radius 3 is 2.25 bits per heavy atom. The topological polar surface area (TPSA) is 115 Å². The molecule has 0 saturated carbocycles. The van der Waals surface area contributed by atoms with Crippen molar-refractivity contribution < 1.29 is 28.2 Å². The quantitative estimate of drug-likeness (QED) is 0.751. The van der Waals surface area contributed by atoms with Gasteiger partial charge in [-0.2, -0.15) is 4.31 Å². The van der Waals surface area contributed by atoms with Gasteiger partial charge in [-0.15, -0.1) is 0 Å². The number of sulfonamides is 1. The Morgan fingerprint density at radius 1 is 1.21 bits per heavy atom. The van der Waals surface area contributed by atoms with E-state index in [2.05, 4.69) is 0 Å². The molecule has 1 saturated heterocycles. The molecule has 1 aromatic rings. The van der Waals surface area contributed by atoms with Gasteiger partial charge >= 0.3 is 5.97 Å². The van der Waals surface area contributed by atoms with Crippen LogP contribution in [-0.2, 0) is 19.6 Å². The average Bonchev–Trinajstić information content (AvgIpc) is 2.56. The summed E-state index contributed by atoms with van der Waals surface area (Å²) in [5.41, 5.74) is -1.82. The molecule has 24 heavy (non-hydrogen) atoms. The monoisotopic (exact) mass is 356 g/mol. The van der Waals surface area contributed by atoms with Crippen molar-refractivity contribution in [3.63, 3.8) is 0 Å². The second-order valence-corrected chi connectivity index (χ2v) is 7.84. The van der Waals surface area contributed by atoms with E-state index in [1.165, 1.54) is 24.1 Å². The zero-order valence-corrected chi connectivity index (χ0v) is 14.1. The molecule has 2 N–H and O–H groups in total. The Morgan fingerprint density at radius 2 is 1.75 bits per heavy atom. The number of carbonyl (C=O) groups excluding carboxylic acids is 1. The van der Waals surface area contributed by atoms with Crippen LogP contribution < -0.4 is 0 Å². The van der Waals surface area contributed by atoms with Gasteiger partial charge in [0.05, 0.1) is 11.4 Å². The molecule has 2 rings (SSSR count). The molecule has 9 heteroatoms. The molecule has 1 aliphatic heterocycles. The summed E-state index contributed by atoms with van der Waals surface area (Å²) in [6.45, 7) is -0.204. The molecular weight excluding hydrogens is 336 g/mol. The standard InChI is InChI=1S/C15H20N2O6S/c1-16(24(22,23)12-5-3-2-4-6-12)11-13(18)17-9-7-15(21,8-10-17)14(19)20/h2-6,21H,7-11H2,1H3,(H,19,20). The number of likely N-dealkylation sites (tertiary alicyclic amines) is 1. The Hall–Kier alpha value is -1.97. The average molecular weight is 356 g/mol. The first kappa shape index (κ1) is 18.4. The predicted octanol–water partition coefficient (Wildman–Crippen LogP) is -0.255. The molecule has 1 fully saturated rings. The van der Waals surface area contributed by atoms with E-state index in [0.717, 1.165) is 4.31 Å². The van der Waals surface area contributed by atoms with Crippen molar-refractivity contribution in [2.75, 3.05) is 26.7 Å². The minimum Gasteiger partial charge on any atom is -0.479 e. The molecule has 8 nitrogen and oxygen atoms in total. The Bertz CT molecular complexity index is 711. The van der Waals surface area contributed by atoms with Crippen molar-refractivity contribution in [2.45, 2.75) is 23.3 Å². The summed E-state index contributed by atoms with van der Waals surface area (Å²) in [5.74, 6) is -1.73. The van der Waals surface area contributed by atoms with Crippen LogP contribution in [0.2, 0.25) is 0 Å². The van der Waals surface area contributed by atoms with E-state index in [-0.39, 0.29) is 37.4 Å². The highest BCUT2D eigenvalue weighted by atomic mass is 32.2. The number of rotatable bonds is 5. The fourth-order valence-electron chi connectivity index (χ4n) is 2.49. The van der Waals surface area contributed by atoms with Gasteiger partial charge in [0.15, 0.2) is 5.60 Å². The van der Waals surface area contributed by atoms with Gasteiger partial charge in [0.2, 0.25) is 15.9 Å². The van der Waals surface area contributed by atoms with Crippen LogP contribution >= 0.6 is 0 Å². The summed E-state index contributed by atoms with van der Waals surface area (Å²) in [6.07, 6.45) is -0.160. The lowest BCUT2D eigenvalue weighted by molar-refractivity contribution is -0.165. The third kappa shape index (κ3) is 3.74. The van der Waals surface area contributed by atoms with Crippen molar-refractivity contribution in [1.82, 2.24) is 9.21 Å². The van der Waals surface area contributed by atoms with E-state index in [1.807, 2.05) is 0 Å². The molecule has 0 radical (unpaired) electrons. The number of aliphatic hydroxyl groups is 1. The van der Waals surface area contributed by atoms with Gasteiger partial charge in [0, 0.05) is 33.0 Å². The summed E-state index contributed by atoms with van der Waals surface area (Å²) < 4.78 is 25.7. The van der Waals surface area contributed by atoms with Gasteiger partial charge in [-0.3, -0.25) is 4.79 Å². The van der Waals surface area contributed by atoms with Crippen LogP contribution in [0, 0.1) is 0 Å². The predicted molar refractivity (Wildman–Crippen MR) is 84.7 cm³/mol. The Kier molecular flexibility index (Phi) is 5.26. The summed E-state index contributed by atoms with van der Waals surface area (Å²) in [4.78, 5) is 24.7. The Labute approximate surface area is 140 Å². The maximum atomic E-state index is 12.4. The number of likely N-dealkylation sites (N-methyl/N-ethyl adjacent to an activating group) is 1. The van der Waals surface area contributed by atoms with E-state index in [9.17, 15) is 23.1 Å². The third-order valence-corrected chi connectivity index (χ3v) is 5.97. The minimum atomic E-state index is -3.77. The van der Waals surface area contributed by atoms with Gasteiger partial charge in [0.1, 0.15) is 0 Å². The second-order valence-electron chi connectivity index (χ2n) is 5.79. The molecule has 0 bridgehead atoms. The number of aliphatic carboxylic acids is 1. The normalized spacial score (nSPS) is 17.7. The number of amides is 1. The molecule has 1 aromatic carbocycles. The van der Waals surface area contributed by atoms with E-state index in [4.69, 9.17) is 5.11 Å². The van der Waals surface area contributed by atoms with Crippen LogP contribution in [0.5, 0.6) is 0 Å². The highest BCUT2D eigenvalue weighted by Gasteiger charge is 2.40. The number of hydrogen-bond acceptors (Lipinski definition) is 5. The number of nitrogens with zero attached hydrogens (tertiary/aromatic N) is 2. The van der Waals surface area contributed by atoms with Crippen molar-refractivity contribution in [2.24, 2.45) is 0 Å². The van der Waals surface area contributed by atoms with E-state index < -0.39 is 27.5 Å². The van der Waals surface area contributed by atoms with Crippen molar-refractivity contribution in [1.29, 1.82) is 0 Å². The molecule has 0 aliphatic carbocycles. The number of carboxylic acid groups (broad SMARTS) is 1. The maximum absolute atomic E-state index is 12.4. The first-order chi connectivity index (χ1) is 11.2. The van der Waals surface area contributed by atoms with E-state index >= 15 is 0 Å². The lowest BCUT2D eigenvalue weighted by Gasteiger charge is -2.35. The van der Waals surface area contributed by atoms with E-state index in [1.54, 1.807) is 18.2 Å². The smallest absolute Gasteiger partial charge is 0.335 e. The van der Waals surface area contributed by atoms with Gasteiger partial charge in [-0.05, 0) is 12.1 Å². The third-order valence-electron chi connectivity index (χ3n) is 4.15. The van der Waals surface area contributed by atoms with E-state index in [0.29, 0.717) is 0 Å². The summed E-state index contributed by atoms with van der Waals surface area (Å²) in [7, 11) is -2.45. The van der Waals surface area contributed by atoms with Crippen LogP contribution in [-0.4, -0.2) is 72.0 Å². The molecule has 1 amide bonds. The first-order valence-corrected chi connectivity index (χ1v) is 8.86.